The number of ether oxygens (including phenoxy) is 1. The van der Waals surface area contributed by atoms with Crippen molar-refractivity contribution in [3.63, 3.8) is 0 Å². The van der Waals surface area contributed by atoms with E-state index in [0.717, 1.165) is 11.3 Å². The Morgan fingerprint density at radius 1 is 1.17 bits per heavy atom. The Morgan fingerprint density at radius 2 is 2.04 bits per heavy atom. The number of tetrazole rings is 1. The van der Waals surface area contributed by atoms with Crippen LogP contribution >= 0.6 is 0 Å². The number of hydrogen-bond acceptors (Lipinski definition) is 6. The maximum Gasteiger partial charge on any atom is 0.260 e. The van der Waals surface area contributed by atoms with E-state index in [-0.39, 0.29) is 5.95 Å². The van der Waals surface area contributed by atoms with Gasteiger partial charge in [-0.15, -0.1) is 4.79 Å². The summed E-state index contributed by atoms with van der Waals surface area (Å²) >= 11 is 0. The van der Waals surface area contributed by atoms with Crippen molar-refractivity contribution >= 4 is 5.95 Å². The normalized spacial score (nSPS) is 10.5. The molecule has 7 nitrogen and oxygen atoms in total. The Morgan fingerprint density at radius 3 is 2.83 bits per heavy atom. The zero-order valence-corrected chi connectivity index (χ0v) is 12.8. The molecule has 3 N–H and O–H groups in total. The lowest BCUT2D eigenvalue weighted by atomic mass is 10.1. The lowest BCUT2D eigenvalue weighted by Crippen LogP contribution is -2.18. The fraction of sp³-hybridized carbons (Fsp3) is 0.188. The van der Waals surface area contributed by atoms with Gasteiger partial charge in [-0.25, -0.2) is 0 Å². The second-order valence-electron chi connectivity index (χ2n) is 5.15. The highest BCUT2D eigenvalue weighted by Gasteiger charge is 2.02. The van der Waals surface area contributed by atoms with Gasteiger partial charge < -0.3 is 15.9 Å². The maximum atomic E-state index is 5.87. The summed E-state index contributed by atoms with van der Waals surface area (Å²) in [5.74, 6) is 1.04. The summed E-state index contributed by atoms with van der Waals surface area (Å²) in [4.78, 5) is 1.33. The van der Waals surface area contributed by atoms with Gasteiger partial charge in [0.1, 0.15) is 12.4 Å². The lowest BCUT2D eigenvalue weighted by molar-refractivity contribution is 0.305. The van der Waals surface area contributed by atoms with Crippen LogP contribution in [0, 0.1) is 6.92 Å². The Bertz CT molecular complexity index is 786. The molecule has 0 aliphatic heterocycles. The smallest absolute Gasteiger partial charge is 0.260 e. The molecule has 1 heterocycles. The van der Waals surface area contributed by atoms with Gasteiger partial charge in [0.25, 0.3) is 5.95 Å². The van der Waals surface area contributed by atoms with E-state index in [9.17, 15) is 0 Å². The summed E-state index contributed by atoms with van der Waals surface area (Å²) in [5, 5.41) is 10.8. The number of rotatable bonds is 6. The van der Waals surface area contributed by atoms with Gasteiger partial charge in [0.05, 0.1) is 6.54 Å². The summed E-state index contributed by atoms with van der Waals surface area (Å²) in [6, 6.07) is 16.1. The molecule has 1 aromatic heterocycles. The second kappa shape index (κ2) is 6.78. The molecule has 3 rings (SSSR count). The number of nitrogens with two attached hydrogens (primary N) is 1. The van der Waals surface area contributed by atoms with Gasteiger partial charge in [-0.3, -0.25) is 0 Å². The highest BCUT2D eigenvalue weighted by molar-refractivity contribution is 5.30. The third-order valence-electron chi connectivity index (χ3n) is 3.48. The van der Waals surface area contributed by atoms with Crippen molar-refractivity contribution in [2.75, 3.05) is 11.2 Å². The fourth-order valence-corrected chi connectivity index (χ4v) is 2.15. The highest BCUT2D eigenvalue weighted by atomic mass is 16.5. The molecule has 0 bridgehead atoms. The van der Waals surface area contributed by atoms with Crippen molar-refractivity contribution in [2.45, 2.75) is 20.1 Å². The Balaban J connectivity index is 1.61. The van der Waals surface area contributed by atoms with E-state index < -0.39 is 0 Å². The number of aromatic nitrogens is 4. The molecule has 2 aromatic carbocycles. The van der Waals surface area contributed by atoms with Crippen LogP contribution in [0.3, 0.4) is 0 Å². The van der Waals surface area contributed by atoms with Crippen molar-refractivity contribution in [3.8, 4) is 5.75 Å². The van der Waals surface area contributed by atoms with Crippen molar-refractivity contribution in [1.82, 2.24) is 20.3 Å². The van der Waals surface area contributed by atoms with E-state index in [1.165, 1.54) is 15.9 Å². The first kappa shape index (κ1) is 14.8. The van der Waals surface area contributed by atoms with E-state index in [4.69, 9.17) is 10.5 Å². The molecule has 0 fully saturated rings. The SMILES string of the molecule is Cc1ccccc1COc1cccc(CNn2nnnc2N)c1. The second-order valence-corrected chi connectivity index (χ2v) is 5.15. The summed E-state index contributed by atoms with van der Waals surface area (Å²) in [6.45, 7) is 3.16. The molecule has 0 radical (unpaired) electrons. The molecule has 0 atom stereocenters. The van der Waals surface area contributed by atoms with Gasteiger partial charge in [-0.2, -0.15) is 0 Å². The predicted octanol–water partition coefficient (Wildman–Crippen LogP) is 1.89. The van der Waals surface area contributed by atoms with Crippen LogP contribution in [-0.4, -0.2) is 20.3 Å². The minimum Gasteiger partial charge on any atom is -0.489 e. The molecule has 23 heavy (non-hydrogen) atoms. The summed E-state index contributed by atoms with van der Waals surface area (Å²) < 4.78 is 5.87. The number of hydrogen-bond donors (Lipinski definition) is 2. The summed E-state index contributed by atoms with van der Waals surface area (Å²) in [7, 11) is 0. The molecule has 0 amide bonds. The van der Waals surface area contributed by atoms with Crippen LogP contribution in [0.2, 0.25) is 0 Å². The van der Waals surface area contributed by atoms with Crippen molar-refractivity contribution < 1.29 is 4.74 Å². The predicted molar refractivity (Wildman–Crippen MR) is 87.2 cm³/mol. The van der Waals surface area contributed by atoms with Crippen LogP contribution in [0.5, 0.6) is 5.75 Å². The monoisotopic (exact) mass is 310 g/mol. The molecule has 0 spiro atoms. The number of anilines is 1. The van der Waals surface area contributed by atoms with Crippen LogP contribution in [0.1, 0.15) is 16.7 Å². The first-order valence-electron chi connectivity index (χ1n) is 7.26. The number of benzene rings is 2. The summed E-state index contributed by atoms with van der Waals surface area (Å²) in [5.41, 5.74) is 12.1. The Hall–Kier alpha value is -3.09. The first-order valence-corrected chi connectivity index (χ1v) is 7.26. The summed E-state index contributed by atoms with van der Waals surface area (Å²) in [6.07, 6.45) is 0. The number of aryl methyl sites for hydroxylation is 1. The molecule has 0 saturated carbocycles. The Labute approximate surface area is 134 Å². The van der Waals surface area contributed by atoms with Gasteiger partial charge in [0, 0.05) is 0 Å². The molecule has 0 unspecified atom stereocenters. The van der Waals surface area contributed by atoms with Crippen molar-refractivity contribution in [3.05, 3.63) is 65.2 Å². The largest absolute Gasteiger partial charge is 0.489 e. The number of nitrogen functional groups attached to an aromatic ring is 1. The minimum atomic E-state index is 0.219. The number of nitrogens with zero attached hydrogens (tertiary/aromatic N) is 4. The standard InChI is InChI=1S/C16H18N6O/c1-12-5-2-3-7-14(12)11-23-15-8-4-6-13(9-15)10-18-22-16(17)19-20-21-22/h2-9,18H,10-11H2,1H3,(H2,17,19,21). The van der Waals surface area contributed by atoms with Gasteiger partial charge in [0.15, 0.2) is 0 Å². The van der Waals surface area contributed by atoms with E-state index in [0.29, 0.717) is 13.2 Å². The zero-order valence-electron chi connectivity index (χ0n) is 12.8. The van der Waals surface area contributed by atoms with Gasteiger partial charge in [-0.05, 0) is 46.2 Å². The van der Waals surface area contributed by atoms with E-state index >= 15 is 0 Å². The van der Waals surface area contributed by atoms with Gasteiger partial charge in [0.2, 0.25) is 0 Å². The molecular formula is C16H18N6O. The van der Waals surface area contributed by atoms with E-state index in [1.807, 2.05) is 36.4 Å². The Kier molecular flexibility index (Phi) is 4.37. The minimum absolute atomic E-state index is 0.219. The van der Waals surface area contributed by atoms with Crippen LogP contribution in [-0.2, 0) is 13.2 Å². The average molecular weight is 310 g/mol. The molecule has 0 aliphatic rings. The van der Waals surface area contributed by atoms with Crippen molar-refractivity contribution in [2.24, 2.45) is 0 Å². The topological polar surface area (TPSA) is 90.9 Å². The number of nitrogens with one attached hydrogen (secondary N) is 1. The van der Waals surface area contributed by atoms with E-state index in [2.05, 4.69) is 40.0 Å². The quantitative estimate of drug-likeness (QED) is 0.722. The van der Waals surface area contributed by atoms with Crippen molar-refractivity contribution in [1.29, 1.82) is 0 Å². The lowest BCUT2D eigenvalue weighted by Gasteiger charge is -2.10. The van der Waals surface area contributed by atoms with Crippen LogP contribution in [0.25, 0.3) is 0 Å². The van der Waals surface area contributed by atoms with E-state index in [1.54, 1.807) is 0 Å². The molecule has 0 aliphatic carbocycles. The highest BCUT2D eigenvalue weighted by Crippen LogP contribution is 2.16. The molecule has 3 aromatic rings. The average Bonchev–Trinajstić information content (AvgIpc) is 2.98. The molecule has 118 valence electrons. The molecule has 0 saturated heterocycles. The first-order chi connectivity index (χ1) is 11.2. The third kappa shape index (κ3) is 3.76. The van der Waals surface area contributed by atoms with Crippen LogP contribution in [0.15, 0.2) is 48.5 Å². The molecular weight excluding hydrogens is 292 g/mol. The fourth-order valence-electron chi connectivity index (χ4n) is 2.15. The molecule has 7 heteroatoms. The van der Waals surface area contributed by atoms with Gasteiger partial charge in [-0.1, -0.05) is 41.5 Å². The third-order valence-corrected chi connectivity index (χ3v) is 3.48. The zero-order chi connectivity index (χ0) is 16.1. The van der Waals surface area contributed by atoms with Gasteiger partial charge >= 0.3 is 0 Å². The maximum absolute atomic E-state index is 5.87. The van der Waals surface area contributed by atoms with Crippen LogP contribution < -0.4 is 15.9 Å². The van der Waals surface area contributed by atoms with Crippen LogP contribution in [0.4, 0.5) is 5.95 Å².